The molecule has 1 amide bonds. The summed E-state index contributed by atoms with van der Waals surface area (Å²) in [5.41, 5.74) is 1.83. The van der Waals surface area contributed by atoms with Gasteiger partial charge in [0.25, 0.3) is 5.91 Å². The number of carbonyl (C=O) groups is 1. The second-order valence-electron chi connectivity index (χ2n) is 4.33. The van der Waals surface area contributed by atoms with Gasteiger partial charge in [0.2, 0.25) is 5.60 Å². The normalized spacial score (nSPS) is 13.3. The molecule has 1 N–H and O–H groups in total. The van der Waals surface area contributed by atoms with Gasteiger partial charge in [0.15, 0.2) is 0 Å². The number of rotatable bonds is 5. The van der Waals surface area contributed by atoms with E-state index in [1.165, 1.54) is 7.11 Å². The van der Waals surface area contributed by atoms with E-state index in [4.69, 9.17) is 9.57 Å². The van der Waals surface area contributed by atoms with Gasteiger partial charge in [0.1, 0.15) is 5.75 Å². The summed E-state index contributed by atoms with van der Waals surface area (Å²) in [6.07, 6.45) is 3.20. The number of aromatic nitrogens is 1. The number of hydroxylamine groups is 1. The number of pyridine rings is 1. The van der Waals surface area contributed by atoms with E-state index in [-0.39, 0.29) is 0 Å². The van der Waals surface area contributed by atoms with Crippen LogP contribution in [0.4, 0.5) is 0 Å². The molecule has 2 aromatic rings. The lowest BCUT2D eigenvalue weighted by Crippen LogP contribution is -2.46. The van der Waals surface area contributed by atoms with Gasteiger partial charge in [-0.05, 0) is 19.1 Å². The molecule has 1 aromatic heterocycles. The minimum Gasteiger partial charge on any atom is -0.471 e. The number of nitrogens with zero attached hydrogens (tertiary/aromatic N) is 1. The van der Waals surface area contributed by atoms with Crippen LogP contribution in [0.15, 0.2) is 54.9 Å². The summed E-state index contributed by atoms with van der Waals surface area (Å²) in [7, 11) is 1.38. The SMILES string of the molecule is CONC(=O)C(C)(Oc1cccnc1)c1ccccc1. The summed E-state index contributed by atoms with van der Waals surface area (Å²) in [5.74, 6) is 0.111. The summed E-state index contributed by atoms with van der Waals surface area (Å²) in [6, 6.07) is 12.7. The minimum atomic E-state index is -1.21. The lowest BCUT2D eigenvalue weighted by molar-refractivity contribution is -0.147. The van der Waals surface area contributed by atoms with Crippen molar-refractivity contribution in [2.45, 2.75) is 12.5 Å². The zero-order chi connectivity index (χ0) is 14.4. The molecule has 5 heteroatoms. The first-order valence-electron chi connectivity index (χ1n) is 6.15. The van der Waals surface area contributed by atoms with E-state index in [0.29, 0.717) is 5.75 Å². The molecule has 0 aliphatic carbocycles. The Labute approximate surface area is 117 Å². The lowest BCUT2D eigenvalue weighted by Gasteiger charge is -2.29. The van der Waals surface area contributed by atoms with Crippen LogP contribution in [-0.4, -0.2) is 18.0 Å². The van der Waals surface area contributed by atoms with Crippen LogP contribution in [0.5, 0.6) is 5.75 Å². The summed E-state index contributed by atoms with van der Waals surface area (Å²) in [6.45, 7) is 1.68. The first-order chi connectivity index (χ1) is 9.66. The maximum atomic E-state index is 12.3. The smallest absolute Gasteiger partial charge is 0.292 e. The van der Waals surface area contributed by atoms with E-state index in [9.17, 15) is 4.79 Å². The Morgan fingerprint density at radius 3 is 2.55 bits per heavy atom. The van der Waals surface area contributed by atoms with E-state index >= 15 is 0 Å². The molecule has 1 aromatic carbocycles. The molecule has 0 saturated heterocycles. The molecule has 1 atom stereocenters. The highest BCUT2D eigenvalue weighted by Gasteiger charge is 2.38. The molecule has 0 radical (unpaired) electrons. The first kappa shape index (κ1) is 14.0. The van der Waals surface area contributed by atoms with Gasteiger partial charge in [-0.1, -0.05) is 30.3 Å². The van der Waals surface area contributed by atoms with Crippen molar-refractivity contribution in [3.05, 3.63) is 60.4 Å². The van der Waals surface area contributed by atoms with Crippen molar-refractivity contribution in [2.24, 2.45) is 0 Å². The zero-order valence-electron chi connectivity index (χ0n) is 11.4. The van der Waals surface area contributed by atoms with Gasteiger partial charge in [-0.15, -0.1) is 0 Å². The van der Waals surface area contributed by atoms with E-state index < -0.39 is 11.5 Å². The largest absolute Gasteiger partial charge is 0.471 e. The average molecular weight is 272 g/mol. The molecule has 0 saturated carbocycles. The highest BCUT2D eigenvalue weighted by molar-refractivity contribution is 5.85. The molecule has 0 spiro atoms. The van der Waals surface area contributed by atoms with Crippen LogP contribution in [0.25, 0.3) is 0 Å². The second-order valence-corrected chi connectivity index (χ2v) is 4.33. The molecule has 0 aliphatic heterocycles. The van der Waals surface area contributed by atoms with E-state index in [0.717, 1.165) is 5.56 Å². The molecule has 0 fully saturated rings. The number of benzene rings is 1. The Balaban J connectivity index is 2.36. The number of nitrogens with one attached hydrogen (secondary N) is 1. The Hall–Kier alpha value is -2.40. The fourth-order valence-corrected chi connectivity index (χ4v) is 1.83. The molecular weight excluding hydrogens is 256 g/mol. The minimum absolute atomic E-state index is 0.393. The molecule has 104 valence electrons. The molecule has 20 heavy (non-hydrogen) atoms. The molecule has 5 nitrogen and oxygen atoms in total. The van der Waals surface area contributed by atoms with Gasteiger partial charge < -0.3 is 4.74 Å². The predicted molar refractivity (Wildman–Crippen MR) is 73.8 cm³/mol. The van der Waals surface area contributed by atoms with Gasteiger partial charge in [-0.2, -0.15) is 0 Å². The lowest BCUT2D eigenvalue weighted by atomic mass is 9.95. The van der Waals surface area contributed by atoms with Crippen LogP contribution in [0, 0.1) is 0 Å². The van der Waals surface area contributed by atoms with Crippen molar-refractivity contribution in [3.8, 4) is 5.75 Å². The topological polar surface area (TPSA) is 60.5 Å². The number of hydrogen-bond donors (Lipinski definition) is 1. The van der Waals surface area contributed by atoms with Gasteiger partial charge in [0, 0.05) is 11.8 Å². The molecular formula is C15H16N2O3. The van der Waals surface area contributed by atoms with Crippen LogP contribution >= 0.6 is 0 Å². The number of ether oxygens (including phenoxy) is 1. The van der Waals surface area contributed by atoms with Crippen LogP contribution in [0.1, 0.15) is 12.5 Å². The van der Waals surface area contributed by atoms with Crippen molar-refractivity contribution in [1.29, 1.82) is 0 Å². The summed E-state index contributed by atoms with van der Waals surface area (Å²) in [5, 5.41) is 0. The van der Waals surface area contributed by atoms with Gasteiger partial charge in [-0.3, -0.25) is 14.6 Å². The van der Waals surface area contributed by atoms with Crippen molar-refractivity contribution < 1.29 is 14.4 Å². The van der Waals surface area contributed by atoms with E-state index in [2.05, 4.69) is 10.5 Å². The zero-order valence-corrected chi connectivity index (χ0v) is 11.4. The Morgan fingerprint density at radius 1 is 1.20 bits per heavy atom. The Bertz CT molecular complexity index is 560. The summed E-state index contributed by atoms with van der Waals surface area (Å²) in [4.78, 5) is 21.0. The molecule has 2 rings (SSSR count). The predicted octanol–water partition coefficient (Wildman–Crippen LogP) is 2.05. The van der Waals surface area contributed by atoms with Crippen molar-refractivity contribution in [1.82, 2.24) is 10.5 Å². The fraction of sp³-hybridized carbons (Fsp3) is 0.200. The maximum Gasteiger partial charge on any atom is 0.292 e. The Morgan fingerprint density at radius 2 is 1.95 bits per heavy atom. The third-order valence-corrected chi connectivity index (χ3v) is 2.91. The molecule has 1 unspecified atom stereocenters. The maximum absolute atomic E-state index is 12.3. The third kappa shape index (κ3) is 2.95. The van der Waals surface area contributed by atoms with E-state index in [1.54, 1.807) is 31.5 Å². The standard InChI is InChI=1S/C15H16N2O3/c1-15(14(18)17-19-2,12-7-4-3-5-8-12)20-13-9-6-10-16-11-13/h3-11H,1-2H3,(H,17,18). The molecule has 1 heterocycles. The van der Waals surface area contributed by atoms with Crippen molar-refractivity contribution in [3.63, 3.8) is 0 Å². The summed E-state index contributed by atoms with van der Waals surface area (Å²) >= 11 is 0. The van der Waals surface area contributed by atoms with Crippen molar-refractivity contribution in [2.75, 3.05) is 7.11 Å². The van der Waals surface area contributed by atoms with Gasteiger partial charge in [-0.25, -0.2) is 5.48 Å². The summed E-state index contributed by atoms with van der Waals surface area (Å²) < 4.78 is 5.85. The van der Waals surface area contributed by atoms with Crippen LogP contribution in [0.2, 0.25) is 0 Å². The Kier molecular flexibility index (Phi) is 4.32. The molecule has 0 bridgehead atoms. The third-order valence-electron chi connectivity index (χ3n) is 2.91. The van der Waals surface area contributed by atoms with Crippen LogP contribution in [0.3, 0.4) is 0 Å². The highest BCUT2D eigenvalue weighted by Crippen LogP contribution is 2.27. The average Bonchev–Trinajstić information content (AvgIpc) is 2.49. The van der Waals surface area contributed by atoms with Gasteiger partial charge >= 0.3 is 0 Å². The number of amides is 1. The monoisotopic (exact) mass is 272 g/mol. The molecule has 0 aliphatic rings. The number of carbonyl (C=O) groups excluding carboxylic acids is 1. The highest BCUT2D eigenvalue weighted by atomic mass is 16.6. The van der Waals surface area contributed by atoms with Gasteiger partial charge in [0.05, 0.1) is 13.3 Å². The quantitative estimate of drug-likeness (QED) is 0.846. The van der Waals surface area contributed by atoms with Crippen LogP contribution in [-0.2, 0) is 15.2 Å². The van der Waals surface area contributed by atoms with E-state index in [1.807, 2.05) is 30.3 Å². The fourth-order valence-electron chi connectivity index (χ4n) is 1.83. The first-order valence-corrected chi connectivity index (χ1v) is 6.15. The van der Waals surface area contributed by atoms with Crippen LogP contribution < -0.4 is 10.2 Å². The number of hydrogen-bond acceptors (Lipinski definition) is 4. The van der Waals surface area contributed by atoms with Crippen molar-refractivity contribution >= 4 is 5.91 Å². The second kappa shape index (κ2) is 6.16.